The number of unbranched alkanes of at least 4 members (excludes halogenated alkanes) is 23. The van der Waals surface area contributed by atoms with Gasteiger partial charge in [-0.3, -0.25) is 23.4 Å². The Balaban J connectivity index is 4.39. The number of ketones is 1. The molecule has 0 aromatic heterocycles. The number of carbonyl (C=O) groups is 3. The number of hydrogen-bond acceptors (Lipinski definition) is 8. The number of rotatable bonds is 42. The molecule has 0 bridgehead atoms. The second-order valence-electron chi connectivity index (χ2n) is 16.8. The second-order valence-corrected chi connectivity index (χ2v) is 18.3. The maximum Gasteiger partial charge on any atom is 0.472 e. The molecule has 0 aromatic rings. The number of esters is 2. The van der Waals surface area contributed by atoms with Crippen LogP contribution in [0.5, 0.6) is 0 Å². The maximum absolute atomic E-state index is 12.7. The summed E-state index contributed by atoms with van der Waals surface area (Å²) in [5.74, 6) is -0.754. The lowest BCUT2D eigenvalue weighted by Crippen LogP contribution is -2.37. The molecule has 0 amide bonds. The third-order valence-corrected chi connectivity index (χ3v) is 10.9. The van der Waals surface area contributed by atoms with Gasteiger partial charge in [-0.1, -0.05) is 167 Å². The lowest BCUT2D eigenvalue weighted by Gasteiger charge is -2.24. The zero-order valence-electron chi connectivity index (χ0n) is 37.3. The molecule has 11 heteroatoms. The molecule has 334 valence electrons. The first-order valence-corrected chi connectivity index (χ1v) is 24.5. The minimum Gasteiger partial charge on any atom is -0.462 e. The molecule has 2 atom stereocenters. The van der Waals surface area contributed by atoms with Crippen molar-refractivity contribution in [3.05, 3.63) is 24.3 Å². The summed E-state index contributed by atoms with van der Waals surface area (Å²) < 4.78 is 34.2. The number of carbonyl (C=O) groups excluding carboxylic acids is 3. The first-order chi connectivity index (χ1) is 27.4. The molecule has 0 radical (unpaired) electrons. The van der Waals surface area contributed by atoms with Gasteiger partial charge < -0.3 is 18.9 Å². The predicted octanol–water partition coefficient (Wildman–Crippen LogP) is 12.3. The van der Waals surface area contributed by atoms with E-state index in [2.05, 4.69) is 19.9 Å². The topological polar surface area (TPSA) is 125 Å². The van der Waals surface area contributed by atoms with Crippen LogP contribution in [0.2, 0.25) is 0 Å². The quantitative estimate of drug-likeness (QED) is 0.0160. The van der Waals surface area contributed by atoms with Gasteiger partial charge in [0.1, 0.15) is 19.8 Å². The molecular weight excluding hydrogens is 741 g/mol. The van der Waals surface area contributed by atoms with E-state index in [1.165, 1.54) is 103 Å². The number of nitrogens with zero attached hydrogens (tertiary/aromatic N) is 1. The molecule has 0 spiro atoms. The summed E-state index contributed by atoms with van der Waals surface area (Å²) in [6, 6.07) is 0. The normalized spacial score (nSPS) is 13.6. The van der Waals surface area contributed by atoms with Gasteiger partial charge >= 0.3 is 19.8 Å². The minimum atomic E-state index is -4.40. The average molecular weight is 829 g/mol. The first-order valence-electron chi connectivity index (χ1n) is 23.0. The largest absolute Gasteiger partial charge is 0.472 e. The summed E-state index contributed by atoms with van der Waals surface area (Å²) in [5, 5.41) is 0. The Morgan fingerprint density at radius 1 is 0.579 bits per heavy atom. The highest BCUT2D eigenvalue weighted by atomic mass is 31.2. The van der Waals surface area contributed by atoms with E-state index in [0.29, 0.717) is 30.3 Å². The van der Waals surface area contributed by atoms with Crippen molar-refractivity contribution in [2.45, 2.75) is 206 Å². The average Bonchev–Trinajstić information content (AvgIpc) is 3.15. The third-order valence-electron chi connectivity index (χ3n) is 9.96. The van der Waals surface area contributed by atoms with Crippen molar-refractivity contribution in [1.29, 1.82) is 0 Å². The first kappa shape index (κ1) is 55.2. The summed E-state index contributed by atoms with van der Waals surface area (Å²) in [6.07, 6.45) is 37.5. The van der Waals surface area contributed by atoms with E-state index in [9.17, 15) is 23.8 Å². The third kappa shape index (κ3) is 42.1. The molecule has 57 heavy (non-hydrogen) atoms. The standard InChI is InChI=1S/C46H86NO9P/c1-6-8-10-12-14-15-16-17-18-19-20-21-22-23-25-29-34-38-46(50)56-44(42-55-57(51,52)54-40-39-47(3,4)5)41-53-45(49)37-33-30-26-28-32-36-43(48)35-31-27-24-13-11-9-7-2/h24,27,31,35,44H,6-23,25-26,28-30,32-34,36-42H2,1-5H3/p+1/b27-24-,35-31+/t44-/m1/s1. The van der Waals surface area contributed by atoms with Crippen molar-refractivity contribution in [1.82, 2.24) is 0 Å². The van der Waals surface area contributed by atoms with Crippen LogP contribution in [-0.4, -0.2) is 80.7 Å². The monoisotopic (exact) mass is 829 g/mol. The number of ether oxygens (including phenoxy) is 2. The van der Waals surface area contributed by atoms with Crippen LogP contribution in [0.4, 0.5) is 0 Å². The molecule has 0 aromatic carbocycles. The minimum absolute atomic E-state index is 0.0141. The van der Waals surface area contributed by atoms with Crippen molar-refractivity contribution in [2.75, 3.05) is 47.5 Å². The van der Waals surface area contributed by atoms with Crippen molar-refractivity contribution in [2.24, 2.45) is 0 Å². The van der Waals surface area contributed by atoms with Gasteiger partial charge in [0.15, 0.2) is 11.9 Å². The highest BCUT2D eigenvalue weighted by Gasteiger charge is 2.27. The highest BCUT2D eigenvalue weighted by Crippen LogP contribution is 2.43. The van der Waals surface area contributed by atoms with E-state index in [-0.39, 0.29) is 31.8 Å². The summed E-state index contributed by atoms with van der Waals surface area (Å²) in [5.41, 5.74) is 0. The van der Waals surface area contributed by atoms with E-state index in [1.807, 2.05) is 33.3 Å². The Kier molecular flexibility index (Phi) is 37.1. The van der Waals surface area contributed by atoms with Gasteiger partial charge in [-0.05, 0) is 38.2 Å². The Morgan fingerprint density at radius 2 is 1.04 bits per heavy atom. The fourth-order valence-electron chi connectivity index (χ4n) is 6.29. The van der Waals surface area contributed by atoms with Crippen molar-refractivity contribution < 1.29 is 46.8 Å². The van der Waals surface area contributed by atoms with Gasteiger partial charge in [0.2, 0.25) is 0 Å². The zero-order valence-corrected chi connectivity index (χ0v) is 38.2. The molecule has 0 aliphatic carbocycles. The van der Waals surface area contributed by atoms with Gasteiger partial charge in [0.05, 0.1) is 27.7 Å². The molecule has 0 saturated carbocycles. The molecule has 0 saturated heterocycles. The number of hydrogen-bond donors (Lipinski definition) is 1. The number of allylic oxidation sites excluding steroid dienone is 4. The van der Waals surface area contributed by atoms with Gasteiger partial charge in [0, 0.05) is 19.3 Å². The maximum atomic E-state index is 12.7. The highest BCUT2D eigenvalue weighted by molar-refractivity contribution is 7.47. The van der Waals surface area contributed by atoms with Crippen LogP contribution in [0.3, 0.4) is 0 Å². The lowest BCUT2D eigenvalue weighted by atomic mass is 10.0. The number of phosphoric ester groups is 1. The fraction of sp³-hybridized carbons (Fsp3) is 0.848. The van der Waals surface area contributed by atoms with Gasteiger partial charge in [-0.15, -0.1) is 0 Å². The van der Waals surface area contributed by atoms with Crippen LogP contribution < -0.4 is 0 Å². The molecule has 1 unspecified atom stereocenters. The van der Waals surface area contributed by atoms with Crippen LogP contribution >= 0.6 is 7.82 Å². The SMILES string of the molecule is CCCCC/C=C\C=C\C(=O)CCCCCCCC(=O)OC[C@H](COP(=O)(O)OCC[N+](C)(C)C)OC(=O)CCCCCCCCCCCCCCCCCCC. The Bertz CT molecular complexity index is 1090. The van der Waals surface area contributed by atoms with Gasteiger partial charge in [0.25, 0.3) is 0 Å². The summed E-state index contributed by atoms with van der Waals surface area (Å²) in [4.78, 5) is 47.4. The molecule has 0 aliphatic heterocycles. The predicted molar refractivity (Wildman–Crippen MR) is 234 cm³/mol. The van der Waals surface area contributed by atoms with Crippen LogP contribution in [-0.2, 0) is 37.5 Å². The zero-order chi connectivity index (χ0) is 42.3. The molecule has 0 rings (SSSR count). The molecule has 0 heterocycles. The molecular formula is C46H87NO9P+. The number of quaternary nitrogens is 1. The van der Waals surface area contributed by atoms with Crippen molar-refractivity contribution in [3.8, 4) is 0 Å². The van der Waals surface area contributed by atoms with Gasteiger partial charge in [-0.25, -0.2) is 4.57 Å². The lowest BCUT2D eigenvalue weighted by molar-refractivity contribution is -0.870. The molecule has 1 N–H and O–H groups in total. The van der Waals surface area contributed by atoms with E-state index in [4.69, 9.17) is 18.5 Å². The van der Waals surface area contributed by atoms with E-state index < -0.39 is 32.5 Å². The molecule has 0 aliphatic rings. The fourth-order valence-corrected chi connectivity index (χ4v) is 7.03. The summed E-state index contributed by atoms with van der Waals surface area (Å²) >= 11 is 0. The van der Waals surface area contributed by atoms with Crippen molar-refractivity contribution in [3.63, 3.8) is 0 Å². The number of likely N-dealkylation sites (N-methyl/N-ethyl adjacent to an activating group) is 1. The smallest absolute Gasteiger partial charge is 0.462 e. The number of phosphoric acid groups is 1. The van der Waals surface area contributed by atoms with Crippen LogP contribution in [0.25, 0.3) is 0 Å². The van der Waals surface area contributed by atoms with E-state index in [0.717, 1.165) is 51.4 Å². The van der Waals surface area contributed by atoms with Crippen LogP contribution in [0.15, 0.2) is 24.3 Å². The van der Waals surface area contributed by atoms with Crippen molar-refractivity contribution >= 4 is 25.5 Å². The van der Waals surface area contributed by atoms with E-state index in [1.54, 1.807) is 6.08 Å². The molecule has 0 fully saturated rings. The van der Waals surface area contributed by atoms with Crippen LogP contribution in [0, 0.1) is 0 Å². The molecule has 10 nitrogen and oxygen atoms in total. The summed E-state index contributed by atoms with van der Waals surface area (Å²) in [6.45, 7) is 4.25. The Labute approximate surface area is 349 Å². The Hall–Kier alpha value is -1.84. The van der Waals surface area contributed by atoms with E-state index >= 15 is 0 Å². The second kappa shape index (κ2) is 38.4. The summed E-state index contributed by atoms with van der Waals surface area (Å²) in [7, 11) is 1.42. The van der Waals surface area contributed by atoms with Gasteiger partial charge in [-0.2, -0.15) is 0 Å². The van der Waals surface area contributed by atoms with Crippen LogP contribution in [0.1, 0.15) is 200 Å². The Morgan fingerprint density at radius 3 is 1.54 bits per heavy atom.